The van der Waals surface area contributed by atoms with E-state index in [2.05, 4.69) is 10.1 Å². The minimum absolute atomic E-state index is 0.00270. The monoisotopic (exact) mass is 383 g/mol. The third-order valence-electron chi connectivity index (χ3n) is 4.68. The number of nitrogens with zero attached hydrogens (tertiary/aromatic N) is 3. The summed E-state index contributed by atoms with van der Waals surface area (Å²) < 4.78 is 10.6. The van der Waals surface area contributed by atoms with Crippen LogP contribution in [0.15, 0.2) is 47.0 Å². The first-order valence-electron chi connectivity index (χ1n) is 8.59. The molecule has 1 saturated heterocycles. The molecule has 138 valence electrons. The van der Waals surface area contributed by atoms with Crippen molar-refractivity contribution < 1.29 is 14.1 Å². The van der Waals surface area contributed by atoms with E-state index in [1.165, 1.54) is 0 Å². The second-order valence-electron chi connectivity index (χ2n) is 6.55. The fourth-order valence-electron chi connectivity index (χ4n) is 3.17. The molecule has 1 aromatic heterocycles. The van der Waals surface area contributed by atoms with E-state index in [0.717, 1.165) is 16.8 Å². The van der Waals surface area contributed by atoms with E-state index in [-0.39, 0.29) is 11.8 Å². The van der Waals surface area contributed by atoms with Gasteiger partial charge in [0, 0.05) is 30.1 Å². The maximum atomic E-state index is 12.5. The number of hydrogen-bond acceptors (Lipinski definition) is 5. The van der Waals surface area contributed by atoms with E-state index < -0.39 is 0 Å². The Balaban J connectivity index is 1.54. The van der Waals surface area contributed by atoms with Crippen LogP contribution in [0.5, 0.6) is 5.75 Å². The van der Waals surface area contributed by atoms with Gasteiger partial charge in [0.2, 0.25) is 5.91 Å². The molecule has 0 aliphatic carbocycles. The predicted octanol–water partition coefficient (Wildman–Crippen LogP) is 4.23. The molecule has 0 spiro atoms. The molecule has 27 heavy (non-hydrogen) atoms. The summed E-state index contributed by atoms with van der Waals surface area (Å²) in [7, 11) is 1.56. The zero-order chi connectivity index (χ0) is 19.0. The molecule has 7 heteroatoms. The second kappa shape index (κ2) is 7.04. The number of amides is 1. The van der Waals surface area contributed by atoms with Crippen LogP contribution in [0.1, 0.15) is 23.7 Å². The maximum Gasteiger partial charge on any atom is 0.257 e. The van der Waals surface area contributed by atoms with Gasteiger partial charge >= 0.3 is 0 Å². The molecule has 0 N–H and O–H groups in total. The van der Waals surface area contributed by atoms with Crippen molar-refractivity contribution in [1.82, 2.24) is 10.1 Å². The smallest absolute Gasteiger partial charge is 0.257 e. The molecule has 4 rings (SSSR count). The number of aryl methyl sites for hydroxylation is 1. The lowest BCUT2D eigenvalue weighted by Gasteiger charge is -2.17. The molecule has 1 aliphatic heterocycles. The molecular formula is C20H18ClN3O3. The van der Waals surface area contributed by atoms with E-state index >= 15 is 0 Å². The average Bonchev–Trinajstić information content (AvgIpc) is 3.29. The highest BCUT2D eigenvalue weighted by molar-refractivity contribution is 6.32. The zero-order valence-electron chi connectivity index (χ0n) is 15.0. The van der Waals surface area contributed by atoms with Gasteiger partial charge in [-0.3, -0.25) is 4.79 Å². The molecule has 3 aromatic rings. The van der Waals surface area contributed by atoms with Crippen molar-refractivity contribution in [3.05, 3.63) is 58.9 Å². The average molecular weight is 384 g/mol. The lowest BCUT2D eigenvalue weighted by atomic mass is 10.1. The lowest BCUT2D eigenvalue weighted by Crippen LogP contribution is -2.24. The van der Waals surface area contributed by atoms with Gasteiger partial charge in [0.05, 0.1) is 12.1 Å². The number of hydrogen-bond donors (Lipinski definition) is 0. The van der Waals surface area contributed by atoms with Crippen LogP contribution in [0.2, 0.25) is 5.02 Å². The Bertz CT molecular complexity index is 984. The van der Waals surface area contributed by atoms with E-state index in [4.69, 9.17) is 20.9 Å². The molecule has 1 fully saturated rings. The van der Waals surface area contributed by atoms with Crippen LogP contribution >= 0.6 is 11.6 Å². The molecule has 2 heterocycles. The Morgan fingerprint density at radius 2 is 2.00 bits per heavy atom. The van der Waals surface area contributed by atoms with Gasteiger partial charge in [0.25, 0.3) is 5.89 Å². The molecule has 1 atom stereocenters. The van der Waals surface area contributed by atoms with E-state index in [1.807, 2.05) is 37.3 Å². The fraction of sp³-hybridized carbons (Fsp3) is 0.250. The predicted molar refractivity (Wildman–Crippen MR) is 102 cm³/mol. The normalized spacial score (nSPS) is 16.8. The number of ether oxygens (including phenoxy) is 1. The first kappa shape index (κ1) is 17.5. The molecule has 6 nitrogen and oxygen atoms in total. The molecule has 1 aliphatic rings. The lowest BCUT2D eigenvalue weighted by molar-refractivity contribution is -0.117. The number of benzene rings is 2. The van der Waals surface area contributed by atoms with Gasteiger partial charge in [-0.05, 0) is 37.3 Å². The summed E-state index contributed by atoms with van der Waals surface area (Å²) in [6, 6.07) is 13.2. The van der Waals surface area contributed by atoms with Gasteiger partial charge in [-0.25, -0.2) is 0 Å². The van der Waals surface area contributed by atoms with Crippen LogP contribution in [0, 0.1) is 6.92 Å². The fourth-order valence-corrected chi connectivity index (χ4v) is 3.42. The Hall–Kier alpha value is -2.86. The minimum Gasteiger partial charge on any atom is -0.495 e. The molecule has 0 radical (unpaired) electrons. The summed E-state index contributed by atoms with van der Waals surface area (Å²) in [5, 5.41) is 4.56. The van der Waals surface area contributed by atoms with Crippen LogP contribution in [0.3, 0.4) is 0 Å². The topological polar surface area (TPSA) is 68.5 Å². The first-order chi connectivity index (χ1) is 13.0. The van der Waals surface area contributed by atoms with Gasteiger partial charge < -0.3 is 14.2 Å². The molecule has 0 saturated carbocycles. The standard InChI is InChI=1S/C20H18ClN3O3/c1-12-3-5-13(6-4-12)20-22-19(23-27-20)14-9-18(25)24(11-14)15-7-8-17(26-2)16(21)10-15/h3-8,10,14H,9,11H2,1-2H3. The van der Waals surface area contributed by atoms with Gasteiger partial charge in [-0.2, -0.15) is 4.98 Å². The summed E-state index contributed by atoms with van der Waals surface area (Å²) in [5.41, 5.74) is 2.76. The maximum absolute atomic E-state index is 12.5. The van der Waals surface area contributed by atoms with E-state index in [0.29, 0.717) is 35.5 Å². The highest BCUT2D eigenvalue weighted by Gasteiger charge is 2.34. The van der Waals surface area contributed by atoms with Crippen molar-refractivity contribution in [2.45, 2.75) is 19.3 Å². The Morgan fingerprint density at radius 3 is 2.70 bits per heavy atom. The van der Waals surface area contributed by atoms with Gasteiger partial charge in [0.1, 0.15) is 5.75 Å². The molecular weight excluding hydrogens is 366 g/mol. The van der Waals surface area contributed by atoms with Gasteiger partial charge in [-0.15, -0.1) is 0 Å². The summed E-state index contributed by atoms with van der Waals surface area (Å²) in [6.45, 7) is 2.50. The van der Waals surface area contributed by atoms with Gasteiger partial charge in [0.15, 0.2) is 5.82 Å². The van der Waals surface area contributed by atoms with Gasteiger partial charge in [-0.1, -0.05) is 34.5 Å². The zero-order valence-corrected chi connectivity index (χ0v) is 15.7. The Labute approximate surface area is 161 Å². The summed E-state index contributed by atoms with van der Waals surface area (Å²) in [6.07, 6.45) is 0.330. The van der Waals surface area contributed by atoms with Crippen LogP contribution in [0.4, 0.5) is 5.69 Å². The van der Waals surface area contributed by atoms with Crippen LogP contribution < -0.4 is 9.64 Å². The minimum atomic E-state index is -0.124. The SMILES string of the molecule is COc1ccc(N2CC(c3noc(-c4ccc(C)cc4)n3)CC2=O)cc1Cl. The highest BCUT2D eigenvalue weighted by Crippen LogP contribution is 2.35. The molecule has 0 bridgehead atoms. The Kier molecular flexibility index (Phi) is 4.58. The van der Waals surface area contributed by atoms with Crippen LogP contribution in [-0.4, -0.2) is 29.7 Å². The van der Waals surface area contributed by atoms with Crippen molar-refractivity contribution >= 4 is 23.2 Å². The second-order valence-corrected chi connectivity index (χ2v) is 6.96. The van der Waals surface area contributed by atoms with Crippen molar-refractivity contribution in [2.24, 2.45) is 0 Å². The number of anilines is 1. The number of methoxy groups -OCH3 is 1. The van der Waals surface area contributed by atoms with Crippen molar-refractivity contribution in [1.29, 1.82) is 0 Å². The quantitative estimate of drug-likeness (QED) is 0.674. The largest absolute Gasteiger partial charge is 0.495 e. The van der Waals surface area contributed by atoms with Crippen molar-refractivity contribution in [3.8, 4) is 17.2 Å². The third kappa shape index (κ3) is 3.40. The summed E-state index contributed by atoms with van der Waals surface area (Å²) in [5.74, 6) is 1.46. The number of carbonyl (C=O) groups is 1. The number of carbonyl (C=O) groups excluding carboxylic acids is 1. The van der Waals surface area contributed by atoms with E-state index in [1.54, 1.807) is 24.1 Å². The number of halogens is 1. The summed E-state index contributed by atoms with van der Waals surface area (Å²) in [4.78, 5) is 18.7. The van der Waals surface area contributed by atoms with Crippen molar-refractivity contribution in [2.75, 3.05) is 18.6 Å². The molecule has 2 aromatic carbocycles. The molecule has 1 amide bonds. The highest BCUT2D eigenvalue weighted by atomic mass is 35.5. The molecule has 1 unspecified atom stereocenters. The van der Waals surface area contributed by atoms with Crippen LogP contribution in [-0.2, 0) is 4.79 Å². The van der Waals surface area contributed by atoms with Crippen LogP contribution in [0.25, 0.3) is 11.5 Å². The van der Waals surface area contributed by atoms with E-state index in [9.17, 15) is 4.79 Å². The third-order valence-corrected chi connectivity index (χ3v) is 4.97. The van der Waals surface area contributed by atoms with Crippen molar-refractivity contribution in [3.63, 3.8) is 0 Å². The number of aromatic nitrogens is 2. The Morgan fingerprint density at radius 1 is 1.22 bits per heavy atom. The first-order valence-corrected chi connectivity index (χ1v) is 8.97. The number of rotatable bonds is 4. The summed E-state index contributed by atoms with van der Waals surface area (Å²) >= 11 is 6.19.